The topological polar surface area (TPSA) is 74.6 Å². The standard InChI is InChI=1S/C25H23N3O4/c1-30-22-14-13-19(15-23(22)31-2)21-16-28(20-11-7-4-8-12-20)26-24(21)25(29)27-32-17-18-9-5-3-6-10-18/h3-16H,17H2,1-2H3,(H,27,29). The van der Waals surface area contributed by atoms with E-state index in [1.807, 2.05) is 79.0 Å². The van der Waals surface area contributed by atoms with Gasteiger partial charge in [-0.05, 0) is 35.4 Å². The number of nitrogens with one attached hydrogen (secondary N) is 1. The third-order valence-corrected chi connectivity index (χ3v) is 4.89. The second kappa shape index (κ2) is 9.80. The smallest absolute Gasteiger partial charge is 0.295 e. The van der Waals surface area contributed by atoms with Crippen molar-refractivity contribution in [1.82, 2.24) is 15.3 Å². The molecule has 1 aromatic heterocycles. The monoisotopic (exact) mass is 429 g/mol. The zero-order chi connectivity index (χ0) is 22.3. The molecule has 0 spiro atoms. The molecule has 0 aliphatic heterocycles. The van der Waals surface area contributed by atoms with Crippen molar-refractivity contribution in [3.8, 4) is 28.3 Å². The van der Waals surface area contributed by atoms with Crippen molar-refractivity contribution in [3.05, 3.63) is 96.3 Å². The molecule has 0 saturated carbocycles. The van der Waals surface area contributed by atoms with Crippen LogP contribution in [0, 0.1) is 0 Å². The van der Waals surface area contributed by atoms with E-state index in [1.165, 1.54) is 0 Å². The summed E-state index contributed by atoms with van der Waals surface area (Å²) in [4.78, 5) is 18.4. The minimum atomic E-state index is -0.444. The molecule has 0 radical (unpaired) electrons. The van der Waals surface area contributed by atoms with Crippen LogP contribution in [0.2, 0.25) is 0 Å². The van der Waals surface area contributed by atoms with Gasteiger partial charge < -0.3 is 9.47 Å². The van der Waals surface area contributed by atoms with Gasteiger partial charge in [0.25, 0.3) is 5.91 Å². The van der Waals surface area contributed by atoms with Crippen molar-refractivity contribution in [1.29, 1.82) is 0 Å². The first-order valence-corrected chi connectivity index (χ1v) is 10.0. The Balaban J connectivity index is 1.65. The Kier molecular flexibility index (Phi) is 6.48. The fraction of sp³-hybridized carbons (Fsp3) is 0.120. The van der Waals surface area contributed by atoms with Crippen LogP contribution >= 0.6 is 0 Å². The summed E-state index contributed by atoms with van der Waals surface area (Å²) in [5.74, 6) is 0.716. The van der Waals surface area contributed by atoms with Gasteiger partial charge in [-0.25, -0.2) is 10.2 Å². The molecule has 4 aromatic rings. The third kappa shape index (κ3) is 4.63. The van der Waals surface area contributed by atoms with Gasteiger partial charge in [0.05, 0.1) is 26.5 Å². The number of methoxy groups -OCH3 is 2. The Bertz CT molecular complexity index is 1190. The molecule has 4 rings (SSSR count). The number of hydrogen-bond acceptors (Lipinski definition) is 5. The highest BCUT2D eigenvalue weighted by Crippen LogP contribution is 2.34. The lowest BCUT2D eigenvalue weighted by Gasteiger charge is -2.10. The number of rotatable bonds is 8. The van der Waals surface area contributed by atoms with E-state index in [4.69, 9.17) is 14.3 Å². The highest BCUT2D eigenvalue weighted by atomic mass is 16.6. The summed E-state index contributed by atoms with van der Waals surface area (Å²) in [5.41, 5.74) is 5.91. The maximum absolute atomic E-state index is 13.0. The summed E-state index contributed by atoms with van der Waals surface area (Å²) in [6.07, 6.45) is 1.81. The van der Waals surface area contributed by atoms with Crippen LogP contribution in [0.15, 0.2) is 85.1 Å². The molecule has 0 aliphatic carbocycles. The van der Waals surface area contributed by atoms with Crippen molar-refractivity contribution < 1.29 is 19.1 Å². The van der Waals surface area contributed by atoms with E-state index in [0.717, 1.165) is 16.8 Å². The molecule has 0 fully saturated rings. The number of nitrogens with zero attached hydrogens (tertiary/aromatic N) is 2. The minimum absolute atomic E-state index is 0.231. The van der Waals surface area contributed by atoms with Crippen LogP contribution in [-0.2, 0) is 11.4 Å². The molecule has 0 atom stereocenters. The Labute approximate surface area is 186 Å². The van der Waals surface area contributed by atoms with E-state index in [9.17, 15) is 4.79 Å². The zero-order valence-electron chi connectivity index (χ0n) is 17.8. The fourth-order valence-electron chi connectivity index (χ4n) is 3.28. The van der Waals surface area contributed by atoms with E-state index < -0.39 is 5.91 Å². The highest BCUT2D eigenvalue weighted by Gasteiger charge is 2.20. The lowest BCUT2D eigenvalue weighted by Crippen LogP contribution is -2.24. The van der Waals surface area contributed by atoms with Crippen LogP contribution in [0.25, 0.3) is 16.8 Å². The van der Waals surface area contributed by atoms with E-state index in [1.54, 1.807) is 25.0 Å². The van der Waals surface area contributed by atoms with Crippen LogP contribution in [0.4, 0.5) is 0 Å². The molecular formula is C25H23N3O4. The van der Waals surface area contributed by atoms with Crippen LogP contribution in [-0.4, -0.2) is 29.9 Å². The van der Waals surface area contributed by atoms with Gasteiger partial charge in [-0.3, -0.25) is 9.63 Å². The molecule has 0 bridgehead atoms. The second-order valence-corrected chi connectivity index (χ2v) is 6.95. The summed E-state index contributed by atoms with van der Waals surface area (Å²) in [7, 11) is 3.15. The Hall–Kier alpha value is -4.10. The summed E-state index contributed by atoms with van der Waals surface area (Å²) in [6, 6.07) is 24.6. The molecule has 7 nitrogen and oxygen atoms in total. The molecule has 1 amide bonds. The SMILES string of the molecule is COc1ccc(-c2cn(-c3ccccc3)nc2C(=O)NOCc2ccccc2)cc1OC. The maximum atomic E-state index is 13.0. The van der Waals surface area contributed by atoms with Crippen molar-refractivity contribution >= 4 is 5.91 Å². The molecule has 0 unspecified atom stereocenters. The van der Waals surface area contributed by atoms with Gasteiger partial charge in [0.2, 0.25) is 0 Å². The first-order chi connectivity index (χ1) is 15.7. The van der Waals surface area contributed by atoms with Crippen LogP contribution < -0.4 is 15.0 Å². The number of hydroxylamine groups is 1. The number of benzene rings is 3. The molecule has 0 aliphatic rings. The zero-order valence-corrected chi connectivity index (χ0v) is 17.8. The summed E-state index contributed by atoms with van der Waals surface area (Å²) in [6.45, 7) is 0.248. The average molecular weight is 429 g/mol. The van der Waals surface area contributed by atoms with Crippen LogP contribution in [0.3, 0.4) is 0 Å². The maximum Gasteiger partial charge on any atom is 0.295 e. The first kappa shape index (κ1) is 21.1. The predicted molar refractivity (Wildman–Crippen MR) is 121 cm³/mol. The molecule has 7 heteroatoms. The Morgan fingerprint density at radius 1 is 0.906 bits per heavy atom. The number of para-hydroxylation sites is 1. The van der Waals surface area contributed by atoms with Crippen LogP contribution in [0.1, 0.15) is 16.1 Å². The van der Waals surface area contributed by atoms with Crippen molar-refractivity contribution in [2.45, 2.75) is 6.61 Å². The van der Waals surface area contributed by atoms with Gasteiger partial charge in [0.1, 0.15) is 0 Å². The predicted octanol–water partition coefficient (Wildman–Crippen LogP) is 4.42. The quantitative estimate of drug-likeness (QED) is 0.420. The number of hydrogen-bond donors (Lipinski definition) is 1. The molecule has 162 valence electrons. The largest absolute Gasteiger partial charge is 0.493 e. The van der Waals surface area contributed by atoms with Crippen molar-refractivity contribution in [2.24, 2.45) is 0 Å². The number of ether oxygens (including phenoxy) is 2. The highest BCUT2D eigenvalue weighted by molar-refractivity contribution is 5.98. The van der Waals surface area contributed by atoms with Crippen molar-refractivity contribution in [3.63, 3.8) is 0 Å². The minimum Gasteiger partial charge on any atom is -0.493 e. The van der Waals surface area contributed by atoms with Crippen LogP contribution in [0.5, 0.6) is 11.5 Å². The van der Waals surface area contributed by atoms with E-state index >= 15 is 0 Å². The summed E-state index contributed by atoms with van der Waals surface area (Å²) < 4.78 is 12.4. The van der Waals surface area contributed by atoms with E-state index in [-0.39, 0.29) is 12.3 Å². The van der Waals surface area contributed by atoms with E-state index in [0.29, 0.717) is 17.1 Å². The number of carbonyl (C=O) groups is 1. The van der Waals surface area contributed by atoms with Crippen molar-refractivity contribution in [2.75, 3.05) is 14.2 Å². The second-order valence-electron chi connectivity index (χ2n) is 6.95. The first-order valence-electron chi connectivity index (χ1n) is 10.0. The molecule has 1 N–H and O–H groups in total. The van der Waals surface area contributed by atoms with Gasteiger partial charge >= 0.3 is 0 Å². The molecule has 32 heavy (non-hydrogen) atoms. The number of aromatic nitrogens is 2. The van der Waals surface area contributed by atoms with Gasteiger partial charge in [-0.1, -0.05) is 54.6 Å². The average Bonchev–Trinajstić information content (AvgIpc) is 3.30. The lowest BCUT2D eigenvalue weighted by molar-refractivity contribution is 0.0229. The van der Waals surface area contributed by atoms with Gasteiger partial charge in [0.15, 0.2) is 17.2 Å². The van der Waals surface area contributed by atoms with Gasteiger partial charge in [-0.2, -0.15) is 5.10 Å². The number of amides is 1. The molecule has 1 heterocycles. The Morgan fingerprint density at radius 2 is 1.59 bits per heavy atom. The molecule has 3 aromatic carbocycles. The number of carbonyl (C=O) groups excluding carboxylic acids is 1. The summed E-state index contributed by atoms with van der Waals surface area (Å²) in [5, 5.41) is 4.53. The lowest BCUT2D eigenvalue weighted by atomic mass is 10.1. The van der Waals surface area contributed by atoms with Gasteiger partial charge in [-0.15, -0.1) is 0 Å². The normalized spacial score (nSPS) is 10.6. The van der Waals surface area contributed by atoms with Gasteiger partial charge in [0, 0.05) is 11.8 Å². The molecule has 0 saturated heterocycles. The summed E-state index contributed by atoms with van der Waals surface area (Å²) >= 11 is 0. The van der Waals surface area contributed by atoms with E-state index in [2.05, 4.69) is 10.6 Å². The third-order valence-electron chi connectivity index (χ3n) is 4.89. The Morgan fingerprint density at radius 3 is 2.28 bits per heavy atom. The molecular weight excluding hydrogens is 406 g/mol. The fourth-order valence-corrected chi connectivity index (χ4v) is 3.28.